The van der Waals surface area contributed by atoms with Crippen LogP contribution in [0.4, 0.5) is 11.4 Å². The molecular weight excluding hydrogens is 338 g/mol. The zero-order valence-corrected chi connectivity index (χ0v) is 16.5. The molecule has 0 saturated heterocycles. The number of aryl methyl sites for hydroxylation is 1. The Hall–Kier alpha value is -2.66. The number of hydrogen-bond acceptors (Lipinski definition) is 2. The van der Waals surface area contributed by atoms with Crippen LogP contribution in [0.2, 0.25) is 0 Å². The molecule has 1 aliphatic heterocycles. The van der Waals surface area contributed by atoms with Gasteiger partial charge in [0.1, 0.15) is 0 Å². The number of benzene rings is 2. The summed E-state index contributed by atoms with van der Waals surface area (Å²) in [5.41, 5.74) is 5.26. The van der Waals surface area contributed by atoms with Gasteiger partial charge in [0.05, 0.1) is 7.05 Å². The second kappa shape index (κ2) is 7.92. The van der Waals surface area contributed by atoms with Crippen molar-refractivity contribution < 1.29 is 14.5 Å². The van der Waals surface area contributed by atoms with Gasteiger partial charge in [-0.3, -0.25) is 9.59 Å². The van der Waals surface area contributed by atoms with Crippen LogP contribution in [0.25, 0.3) is 0 Å². The normalized spacial score (nSPS) is 16.7. The SMILES string of the molecule is Cc1cccc(NC(=O)C[NH+](C)CC(=O)N2c3ccccc3C[C@@H]2C)c1C. The first kappa shape index (κ1) is 19.1. The number of carbonyl (C=O) groups is 2. The van der Waals surface area contributed by atoms with Crippen LogP contribution < -0.4 is 15.1 Å². The van der Waals surface area contributed by atoms with Crippen molar-refractivity contribution in [2.45, 2.75) is 33.2 Å². The van der Waals surface area contributed by atoms with Crippen molar-refractivity contribution in [3.8, 4) is 0 Å². The number of nitrogens with one attached hydrogen (secondary N) is 2. The third kappa shape index (κ3) is 4.19. The molecule has 3 rings (SSSR count). The summed E-state index contributed by atoms with van der Waals surface area (Å²) in [5.74, 6) is -0.0200. The number of anilines is 2. The molecule has 1 heterocycles. The predicted molar refractivity (Wildman–Crippen MR) is 108 cm³/mol. The van der Waals surface area contributed by atoms with Gasteiger partial charge in [-0.15, -0.1) is 0 Å². The van der Waals surface area contributed by atoms with Crippen molar-refractivity contribution >= 4 is 23.2 Å². The molecule has 0 saturated carbocycles. The standard InChI is InChI=1S/C22H27N3O2/c1-15-8-7-10-19(17(15)3)23-21(26)13-24(4)14-22(27)25-16(2)12-18-9-5-6-11-20(18)25/h5-11,16H,12-14H2,1-4H3,(H,23,26)/p+1/t16-/m0/s1. The smallest absolute Gasteiger partial charge is 0.282 e. The molecule has 142 valence electrons. The minimum absolute atomic E-state index is 0.0597. The summed E-state index contributed by atoms with van der Waals surface area (Å²) in [7, 11) is 1.88. The van der Waals surface area contributed by atoms with E-state index in [0.29, 0.717) is 6.54 Å². The number of fused-ring (bicyclic) bond motifs is 1. The van der Waals surface area contributed by atoms with Crippen LogP contribution in [-0.4, -0.2) is 38.0 Å². The van der Waals surface area contributed by atoms with Gasteiger partial charge in [0.25, 0.3) is 11.8 Å². The third-order valence-electron chi connectivity index (χ3n) is 5.27. The highest BCUT2D eigenvalue weighted by atomic mass is 16.2. The predicted octanol–water partition coefficient (Wildman–Crippen LogP) is 1.73. The van der Waals surface area contributed by atoms with E-state index in [0.717, 1.165) is 33.8 Å². The van der Waals surface area contributed by atoms with Crippen molar-refractivity contribution in [1.29, 1.82) is 0 Å². The molecule has 5 nitrogen and oxygen atoms in total. The van der Waals surface area contributed by atoms with E-state index in [1.807, 2.05) is 62.2 Å². The van der Waals surface area contributed by atoms with E-state index >= 15 is 0 Å². The minimum Gasteiger partial charge on any atom is -0.322 e. The molecule has 0 aromatic heterocycles. The third-order valence-corrected chi connectivity index (χ3v) is 5.27. The van der Waals surface area contributed by atoms with Gasteiger partial charge in [0.15, 0.2) is 13.1 Å². The highest BCUT2D eigenvalue weighted by Crippen LogP contribution is 2.31. The van der Waals surface area contributed by atoms with E-state index < -0.39 is 0 Å². The van der Waals surface area contributed by atoms with Gasteiger partial charge >= 0.3 is 0 Å². The van der Waals surface area contributed by atoms with Crippen LogP contribution in [0, 0.1) is 13.8 Å². The maximum atomic E-state index is 12.8. The number of carbonyl (C=O) groups excluding carboxylic acids is 2. The Balaban J connectivity index is 1.59. The van der Waals surface area contributed by atoms with Crippen molar-refractivity contribution in [1.82, 2.24) is 0 Å². The molecule has 5 heteroatoms. The van der Waals surface area contributed by atoms with E-state index in [-0.39, 0.29) is 24.4 Å². The lowest BCUT2D eigenvalue weighted by molar-refractivity contribution is -0.862. The molecule has 0 bridgehead atoms. The zero-order chi connectivity index (χ0) is 19.6. The summed E-state index contributed by atoms with van der Waals surface area (Å²) < 4.78 is 0. The Labute approximate surface area is 161 Å². The lowest BCUT2D eigenvalue weighted by Crippen LogP contribution is -3.11. The molecule has 2 amide bonds. The summed E-state index contributed by atoms with van der Waals surface area (Å²) in [5, 5.41) is 2.96. The molecule has 0 spiro atoms. The molecular formula is C22H28N3O2+. The maximum absolute atomic E-state index is 12.8. The van der Waals surface area contributed by atoms with E-state index in [2.05, 4.69) is 18.3 Å². The first-order valence-electron chi connectivity index (χ1n) is 9.44. The molecule has 1 aliphatic rings. The van der Waals surface area contributed by atoms with Gasteiger partial charge in [-0.1, -0.05) is 30.3 Å². The number of hydrogen-bond donors (Lipinski definition) is 2. The lowest BCUT2D eigenvalue weighted by atomic mass is 10.1. The molecule has 1 unspecified atom stereocenters. The number of likely N-dealkylation sites (N-methyl/N-ethyl adjacent to an activating group) is 1. The Morgan fingerprint density at radius 1 is 1.11 bits per heavy atom. The van der Waals surface area contributed by atoms with Crippen molar-refractivity contribution in [2.24, 2.45) is 0 Å². The van der Waals surface area contributed by atoms with Crippen molar-refractivity contribution in [3.63, 3.8) is 0 Å². The number of para-hydroxylation sites is 1. The van der Waals surface area contributed by atoms with E-state index in [4.69, 9.17) is 0 Å². The van der Waals surface area contributed by atoms with Crippen LogP contribution in [0.1, 0.15) is 23.6 Å². The van der Waals surface area contributed by atoms with Crippen LogP contribution in [0.5, 0.6) is 0 Å². The van der Waals surface area contributed by atoms with Crippen molar-refractivity contribution in [2.75, 3.05) is 30.4 Å². The zero-order valence-electron chi connectivity index (χ0n) is 16.5. The van der Waals surface area contributed by atoms with Gasteiger partial charge in [-0.05, 0) is 56.0 Å². The topological polar surface area (TPSA) is 53.9 Å². The second-order valence-electron chi connectivity index (χ2n) is 7.55. The minimum atomic E-state index is -0.0797. The Kier molecular flexibility index (Phi) is 5.61. The van der Waals surface area contributed by atoms with Crippen LogP contribution >= 0.6 is 0 Å². The molecule has 2 aromatic rings. The van der Waals surface area contributed by atoms with Crippen LogP contribution in [0.3, 0.4) is 0 Å². The molecule has 27 heavy (non-hydrogen) atoms. The molecule has 0 fully saturated rings. The summed E-state index contributed by atoms with van der Waals surface area (Å²) in [6, 6.07) is 14.1. The van der Waals surface area contributed by atoms with E-state index in [9.17, 15) is 9.59 Å². The van der Waals surface area contributed by atoms with E-state index in [1.165, 1.54) is 5.56 Å². The number of quaternary nitrogens is 1. The van der Waals surface area contributed by atoms with Crippen LogP contribution in [-0.2, 0) is 16.0 Å². The molecule has 2 atom stereocenters. The average Bonchev–Trinajstić information content (AvgIpc) is 2.94. The van der Waals surface area contributed by atoms with Gasteiger partial charge in [-0.25, -0.2) is 0 Å². The summed E-state index contributed by atoms with van der Waals surface area (Å²) >= 11 is 0. The largest absolute Gasteiger partial charge is 0.322 e. The van der Waals surface area contributed by atoms with Gasteiger partial charge < -0.3 is 15.1 Å². The highest BCUT2D eigenvalue weighted by molar-refractivity contribution is 5.97. The van der Waals surface area contributed by atoms with Crippen LogP contribution in [0.15, 0.2) is 42.5 Å². The molecule has 0 radical (unpaired) electrons. The second-order valence-corrected chi connectivity index (χ2v) is 7.55. The Morgan fingerprint density at radius 2 is 1.85 bits per heavy atom. The summed E-state index contributed by atoms with van der Waals surface area (Å²) in [6.45, 7) is 6.63. The fourth-order valence-corrected chi connectivity index (χ4v) is 3.71. The fraction of sp³-hybridized carbons (Fsp3) is 0.364. The average molecular weight is 366 g/mol. The first-order valence-corrected chi connectivity index (χ1v) is 9.44. The molecule has 2 aromatic carbocycles. The van der Waals surface area contributed by atoms with Crippen molar-refractivity contribution in [3.05, 3.63) is 59.2 Å². The lowest BCUT2D eigenvalue weighted by Gasteiger charge is -2.24. The first-order chi connectivity index (χ1) is 12.9. The number of nitrogens with zero attached hydrogens (tertiary/aromatic N) is 1. The van der Waals surface area contributed by atoms with E-state index in [1.54, 1.807) is 0 Å². The Bertz CT molecular complexity index is 862. The van der Waals surface area contributed by atoms with Gasteiger partial charge in [-0.2, -0.15) is 0 Å². The maximum Gasteiger partial charge on any atom is 0.282 e. The monoisotopic (exact) mass is 366 g/mol. The summed E-state index contributed by atoms with van der Waals surface area (Å²) in [4.78, 5) is 28.0. The molecule has 2 N–H and O–H groups in total. The summed E-state index contributed by atoms with van der Waals surface area (Å²) in [6.07, 6.45) is 0.883. The highest BCUT2D eigenvalue weighted by Gasteiger charge is 2.32. The fourth-order valence-electron chi connectivity index (χ4n) is 3.71. The van der Waals surface area contributed by atoms with Gasteiger partial charge in [0.2, 0.25) is 0 Å². The number of rotatable bonds is 5. The number of amides is 2. The van der Waals surface area contributed by atoms with Gasteiger partial charge in [0, 0.05) is 17.4 Å². The quantitative estimate of drug-likeness (QED) is 0.847. The Morgan fingerprint density at radius 3 is 2.63 bits per heavy atom. The molecule has 0 aliphatic carbocycles.